The third kappa shape index (κ3) is 2.24. The lowest BCUT2D eigenvalue weighted by atomic mass is 9.78. The van der Waals surface area contributed by atoms with E-state index >= 15 is 0 Å². The molecule has 0 aliphatic heterocycles. The fourth-order valence-corrected chi connectivity index (χ4v) is 2.98. The maximum absolute atomic E-state index is 9.39. The lowest BCUT2D eigenvalue weighted by molar-refractivity contribution is 0.316. The van der Waals surface area contributed by atoms with E-state index < -0.39 is 0 Å². The van der Waals surface area contributed by atoms with E-state index in [4.69, 9.17) is 11.6 Å². The van der Waals surface area contributed by atoms with Crippen molar-refractivity contribution in [3.8, 4) is 0 Å². The second-order valence-electron chi connectivity index (χ2n) is 4.79. The van der Waals surface area contributed by atoms with Gasteiger partial charge in [0, 0.05) is 16.5 Å². The molecule has 0 saturated carbocycles. The third-order valence-corrected chi connectivity index (χ3v) is 3.92. The number of benzene rings is 2. The van der Waals surface area contributed by atoms with E-state index in [1.807, 2.05) is 42.5 Å². The van der Waals surface area contributed by atoms with Crippen LogP contribution in [0.1, 0.15) is 29.0 Å². The summed E-state index contributed by atoms with van der Waals surface area (Å²) >= 11 is 6.05. The quantitative estimate of drug-likeness (QED) is 0.610. The minimum atomic E-state index is 0.110. The van der Waals surface area contributed by atoms with Crippen LogP contribution in [0.2, 0.25) is 5.02 Å². The van der Waals surface area contributed by atoms with Crippen LogP contribution in [0.15, 0.2) is 53.7 Å². The van der Waals surface area contributed by atoms with Crippen molar-refractivity contribution in [2.45, 2.75) is 18.8 Å². The highest BCUT2D eigenvalue weighted by Crippen LogP contribution is 2.34. The Balaban J connectivity index is 2.06. The first-order valence-electron chi connectivity index (χ1n) is 6.35. The Kier molecular flexibility index (Phi) is 3.26. The first kappa shape index (κ1) is 12.2. The van der Waals surface area contributed by atoms with E-state index in [-0.39, 0.29) is 5.92 Å². The molecule has 1 aliphatic rings. The highest BCUT2D eigenvalue weighted by atomic mass is 35.5. The minimum Gasteiger partial charge on any atom is -0.411 e. The maximum Gasteiger partial charge on any atom is 0.0945 e. The van der Waals surface area contributed by atoms with Crippen LogP contribution in [0.3, 0.4) is 0 Å². The summed E-state index contributed by atoms with van der Waals surface area (Å²) in [5, 5.41) is 13.7. The monoisotopic (exact) mass is 271 g/mol. The lowest BCUT2D eigenvalue weighted by Gasteiger charge is -2.26. The van der Waals surface area contributed by atoms with Gasteiger partial charge in [-0.2, -0.15) is 0 Å². The van der Waals surface area contributed by atoms with E-state index in [2.05, 4.69) is 11.2 Å². The Labute approximate surface area is 117 Å². The second kappa shape index (κ2) is 5.06. The van der Waals surface area contributed by atoms with Gasteiger partial charge >= 0.3 is 0 Å². The standard InChI is InChI=1S/C16H14ClNO/c17-13-6-3-5-12(10-13)15-9-8-11-4-1-2-7-14(11)16(15)18-19/h1-7,10,15,19H,8-9H2/b18-16-/t15-/m0/s1. The molecule has 0 heterocycles. The van der Waals surface area contributed by atoms with E-state index in [1.54, 1.807) is 0 Å². The molecule has 2 aromatic carbocycles. The summed E-state index contributed by atoms with van der Waals surface area (Å²) in [6.45, 7) is 0. The number of fused-ring (bicyclic) bond motifs is 1. The molecule has 2 nitrogen and oxygen atoms in total. The molecule has 1 atom stereocenters. The van der Waals surface area contributed by atoms with Crippen LogP contribution in [-0.4, -0.2) is 10.9 Å². The smallest absolute Gasteiger partial charge is 0.0945 e. The summed E-state index contributed by atoms with van der Waals surface area (Å²) in [5.74, 6) is 0.110. The zero-order chi connectivity index (χ0) is 13.2. The van der Waals surface area contributed by atoms with Crippen LogP contribution < -0.4 is 0 Å². The summed E-state index contributed by atoms with van der Waals surface area (Å²) in [4.78, 5) is 0. The van der Waals surface area contributed by atoms with Gasteiger partial charge in [-0.1, -0.05) is 53.2 Å². The van der Waals surface area contributed by atoms with Gasteiger partial charge in [0.05, 0.1) is 5.71 Å². The van der Waals surface area contributed by atoms with Crippen molar-refractivity contribution in [3.05, 3.63) is 70.2 Å². The molecule has 19 heavy (non-hydrogen) atoms. The molecule has 0 unspecified atom stereocenters. The zero-order valence-corrected chi connectivity index (χ0v) is 11.1. The van der Waals surface area contributed by atoms with Crippen LogP contribution in [-0.2, 0) is 6.42 Å². The van der Waals surface area contributed by atoms with Crippen molar-refractivity contribution in [2.75, 3.05) is 0 Å². The van der Waals surface area contributed by atoms with Crippen molar-refractivity contribution in [3.63, 3.8) is 0 Å². The van der Waals surface area contributed by atoms with E-state index in [0.717, 1.165) is 29.7 Å². The van der Waals surface area contributed by atoms with Gasteiger partial charge in [-0.3, -0.25) is 0 Å². The number of oxime groups is 1. The maximum atomic E-state index is 9.39. The summed E-state index contributed by atoms with van der Waals surface area (Å²) in [6, 6.07) is 15.9. The average Bonchev–Trinajstić information content (AvgIpc) is 2.46. The van der Waals surface area contributed by atoms with Crippen molar-refractivity contribution in [1.82, 2.24) is 0 Å². The van der Waals surface area contributed by atoms with Gasteiger partial charge in [-0.05, 0) is 36.1 Å². The normalized spacial score (nSPS) is 20.3. The fourth-order valence-electron chi connectivity index (χ4n) is 2.78. The number of hydrogen-bond donors (Lipinski definition) is 1. The molecule has 0 bridgehead atoms. The summed E-state index contributed by atoms with van der Waals surface area (Å²) in [6.07, 6.45) is 1.93. The average molecular weight is 272 g/mol. The van der Waals surface area contributed by atoms with E-state index in [0.29, 0.717) is 5.02 Å². The van der Waals surface area contributed by atoms with Gasteiger partial charge < -0.3 is 5.21 Å². The molecule has 0 saturated heterocycles. The van der Waals surface area contributed by atoms with Crippen molar-refractivity contribution < 1.29 is 5.21 Å². The molecule has 0 spiro atoms. The molecule has 0 amide bonds. The molecule has 0 fully saturated rings. The van der Waals surface area contributed by atoms with Crippen molar-refractivity contribution in [1.29, 1.82) is 0 Å². The van der Waals surface area contributed by atoms with Crippen LogP contribution in [0.5, 0.6) is 0 Å². The number of rotatable bonds is 1. The van der Waals surface area contributed by atoms with Gasteiger partial charge in [0.1, 0.15) is 0 Å². The highest BCUT2D eigenvalue weighted by molar-refractivity contribution is 6.30. The molecule has 0 aromatic heterocycles. The largest absolute Gasteiger partial charge is 0.411 e. The third-order valence-electron chi connectivity index (χ3n) is 3.68. The first-order chi connectivity index (χ1) is 9.29. The molecule has 1 N–H and O–H groups in total. The number of hydrogen-bond acceptors (Lipinski definition) is 2. The summed E-state index contributed by atoms with van der Waals surface area (Å²) in [5.41, 5.74) is 4.13. The topological polar surface area (TPSA) is 32.6 Å². The molecule has 3 heteroatoms. The predicted octanol–water partition coefficient (Wildman–Crippen LogP) is 4.25. The van der Waals surface area contributed by atoms with E-state index in [1.165, 1.54) is 5.56 Å². The fraction of sp³-hybridized carbons (Fsp3) is 0.188. The SMILES string of the molecule is O/N=C1/c2ccccc2CC[C@H]1c1cccc(Cl)c1. The second-order valence-corrected chi connectivity index (χ2v) is 5.23. The van der Waals surface area contributed by atoms with Crippen molar-refractivity contribution in [2.24, 2.45) is 5.16 Å². The van der Waals surface area contributed by atoms with Crippen LogP contribution in [0.25, 0.3) is 0 Å². The number of nitrogens with zero attached hydrogens (tertiary/aromatic N) is 1. The molecular weight excluding hydrogens is 258 g/mol. The first-order valence-corrected chi connectivity index (χ1v) is 6.73. The lowest BCUT2D eigenvalue weighted by Crippen LogP contribution is -2.21. The highest BCUT2D eigenvalue weighted by Gasteiger charge is 2.27. The molecule has 3 rings (SSSR count). The molecule has 1 aliphatic carbocycles. The number of halogens is 1. The Morgan fingerprint density at radius 2 is 1.95 bits per heavy atom. The van der Waals surface area contributed by atoms with Gasteiger partial charge in [0.25, 0.3) is 0 Å². The van der Waals surface area contributed by atoms with E-state index in [9.17, 15) is 5.21 Å². The predicted molar refractivity (Wildman–Crippen MR) is 77.3 cm³/mol. The number of aryl methyl sites for hydroxylation is 1. The Morgan fingerprint density at radius 3 is 2.74 bits per heavy atom. The Hall–Kier alpha value is -1.80. The molecule has 0 radical (unpaired) electrons. The Bertz CT molecular complexity index is 636. The molecular formula is C16H14ClNO. The molecule has 96 valence electrons. The van der Waals surface area contributed by atoms with Gasteiger partial charge in [0.15, 0.2) is 0 Å². The summed E-state index contributed by atoms with van der Waals surface area (Å²) < 4.78 is 0. The van der Waals surface area contributed by atoms with Gasteiger partial charge in [0.2, 0.25) is 0 Å². The zero-order valence-electron chi connectivity index (χ0n) is 10.4. The molecule has 2 aromatic rings. The minimum absolute atomic E-state index is 0.110. The van der Waals surface area contributed by atoms with Crippen LogP contribution >= 0.6 is 11.6 Å². The Morgan fingerprint density at radius 1 is 1.11 bits per heavy atom. The summed E-state index contributed by atoms with van der Waals surface area (Å²) in [7, 11) is 0. The van der Waals surface area contributed by atoms with Crippen LogP contribution in [0.4, 0.5) is 0 Å². The van der Waals surface area contributed by atoms with Crippen molar-refractivity contribution >= 4 is 17.3 Å². The van der Waals surface area contributed by atoms with Gasteiger partial charge in [-0.15, -0.1) is 0 Å². The van der Waals surface area contributed by atoms with Gasteiger partial charge in [-0.25, -0.2) is 0 Å². The van der Waals surface area contributed by atoms with Crippen LogP contribution in [0, 0.1) is 0 Å².